The smallest absolute Gasteiger partial charge is 0.416 e. The molecule has 0 radical (unpaired) electrons. The van der Waals surface area contributed by atoms with Gasteiger partial charge in [-0.25, -0.2) is 17.2 Å². The molecule has 0 bridgehead atoms. The molecule has 0 unspecified atom stereocenters. The second-order valence-electron chi connectivity index (χ2n) is 10.2. The van der Waals surface area contributed by atoms with Crippen molar-refractivity contribution in [3.05, 3.63) is 94.6 Å². The Morgan fingerprint density at radius 1 is 0.950 bits per heavy atom. The van der Waals surface area contributed by atoms with E-state index in [0.717, 1.165) is 36.1 Å². The molecule has 0 atom stereocenters. The summed E-state index contributed by atoms with van der Waals surface area (Å²) in [7, 11) is -3.90. The lowest BCUT2D eigenvalue weighted by molar-refractivity contribution is -0.137. The van der Waals surface area contributed by atoms with Gasteiger partial charge in [-0.05, 0) is 41.8 Å². The number of ether oxygens (including phenoxy) is 1. The van der Waals surface area contributed by atoms with E-state index < -0.39 is 43.3 Å². The summed E-state index contributed by atoms with van der Waals surface area (Å²) >= 11 is 0. The van der Waals surface area contributed by atoms with E-state index >= 15 is 0 Å². The van der Waals surface area contributed by atoms with Crippen LogP contribution in [0.5, 0.6) is 5.75 Å². The minimum Gasteiger partial charge on any atom is -0.493 e. The Labute approximate surface area is 230 Å². The molecular formula is C29H30F5NO4S. The van der Waals surface area contributed by atoms with Gasteiger partial charge in [-0.3, -0.25) is 9.69 Å². The molecule has 0 amide bonds. The maximum atomic E-state index is 14.3. The lowest BCUT2D eigenvalue weighted by Gasteiger charge is -2.33. The molecule has 0 saturated heterocycles. The molecule has 3 rings (SSSR count). The van der Waals surface area contributed by atoms with Crippen molar-refractivity contribution in [2.24, 2.45) is 0 Å². The van der Waals surface area contributed by atoms with Crippen LogP contribution in [0.4, 0.5) is 22.0 Å². The summed E-state index contributed by atoms with van der Waals surface area (Å²) in [6.45, 7) is 4.90. The molecule has 216 valence electrons. The maximum absolute atomic E-state index is 14.3. The number of alkyl halides is 3. The zero-order valence-corrected chi connectivity index (χ0v) is 23.1. The molecule has 0 aromatic heterocycles. The molecule has 0 heterocycles. The van der Waals surface area contributed by atoms with Gasteiger partial charge in [0.05, 0.1) is 22.6 Å². The number of aldehydes is 1. The normalized spacial score (nSPS) is 12.5. The third kappa shape index (κ3) is 8.34. The summed E-state index contributed by atoms with van der Waals surface area (Å²) in [6, 6.07) is 13.1. The van der Waals surface area contributed by atoms with Crippen LogP contribution in [0.15, 0.2) is 65.6 Å². The third-order valence-corrected chi connectivity index (χ3v) is 7.51. The first kappa shape index (κ1) is 31.2. The molecule has 40 heavy (non-hydrogen) atoms. The Morgan fingerprint density at radius 2 is 1.62 bits per heavy atom. The Kier molecular flexibility index (Phi) is 9.73. The molecule has 0 aliphatic rings. The van der Waals surface area contributed by atoms with Gasteiger partial charge in [-0.1, -0.05) is 44.2 Å². The lowest BCUT2D eigenvalue weighted by Crippen LogP contribution is -2.37. The van der Waals surface area contributed by atoms with E-state index in [4.69, 9.17) is 4.74 Å². The number of nitrogens with zero attached hydrogens (tertiary/aromatic N) is 1. The molecule has 0 N–H and O–H groups in total. The van der Waals surface area contributed by atoms with Gasteiger partial charge in [0.15, 0.2) is 16.1 Å². The summed E-state index contributed by atoms with van der Waals surface area (Å²) < 4.78 is 97.2. The molecule has 5 nitrogen and oxygen atoms in total. The zero-order chi connectivity index (χ0) is 29.7. The molecule has 0 aliphatic carbocycles. The summed E-state index contributed by atoms with van der Waals surface area (Å²) in [5.41, 5.74) is -0.527. The molecule has 3 aromatic rings. The minimum atomic E-state index is -4.48. The van der Waals surface area contributed by atoms with Gasteiger partial charge in [-0.2, -0.15) is 13.2 Å². The van der Waals surface area contributed by atoms with E-state index in [-0.39, 0.29) is 31.0 Å². The highest BCUT2D eigenvalue weighted by atomic mass is 32.2. The van der Waals surface area contributed by atoms with E-state index in [9.17, 15) is 35.2 Å². The predicted molar refractivity (Wildman–Crippen MR) is 141 cm³/mol. The summed E-state index contributed by atoms with van der Waals surface area (Å²) in [4.78, 5) is 12.6. The van der Waals surface area contributed by atoms with Crippen molar-refractivity contribution in [2.75, 3.05) is 26.0 Å². The van der Waals surface area contributed by atoms with Gasteiger partial charge in [0.1, 0.15) is 17.4 Å². The highest BCUT2D eigenvalue weighted by molar-refractivity contribution is 7.90. The van der Waals surface area contributed by atoms with Crippen LogP contribution in [0.3, 0.4) is 0 Å². The fraction of sp³-hybridized carbons (Fsp3) is 0.345. The number of hydrogen-bond acceptors (Lipinski definition) is 5. The van der Waals surface area contributed by atoms with Crippen molar-refractivity contribution in [1.82, 2.24) is 4.90 Å². The van der Waals surface area contributed by atoms with Crippen LogP contribution in [0.1, 0.15) is 47.3 Å². The third-order valence-electron chi connectivity index (χ3n) is 6.37. The molecule has 0 aliphatic heterocycles. The Morgan fingerprint density at radius 3 is 2.23 bits per heavy atom. The van der Waals surface area contributed by atoms with Crippen LogP contribution in [0.2, 0.25) is 0 Å². The molecule has 11 heteroatoms. The first-order chi connectivity index (χ1) is 18.6. The van der Waals surface area contributed by atoms with Gasteiger partial charge in [0.2, 0.25) is 0 Å². The highest BCUT2D eigenvalue weighted by Crippen LogP contribution is 2.31. The maximum Gasteiger partial charge on any atom is 0.416 e. The van der Waals surface area contributed by atoms with Crippen LogP contribution in [0.25, 0.3) is 0 Å². The number of benzene rings is 3. The number of sulfone groups is 1. The topological polar surface area (TPSA) is 63.7 Å². The monoisotopic (exact) mass is 583 g/mol. The molecular weight excluding hydrogens is 553 g/mol. The number of hydrogen-bond donors (Lipinski definition) is 0. The average molecular weight is 584 g/mol. The van der Waals surface area contributed by atoms with E-state index in [1.54, 1.807) is 18.2 Å². The second-order valence-corrected chi connectivity index (χ2v) is 12.2. The fourth-order valence-electron chi connectivity index (χ4n) is 4.42. The van der Waals surface area contributed by atoms with Crippen molar-refractivity contribution in [3.63, 3.8) is 0 Å². The van der Waals surface area contributed by atoms with Crippen LogP contribution < -0.4 is 4.74 Å². The van der Waals surface area contributed by atoms with Crippen molar-refractivity contribution in [1.29, 1.82) is 0 Å². The first-order valence-electron chi connectivity index (χ1n) is 12.4. The van der Waals surface area contributed by atoms with E-state index in [1.165, 1.54) is 18.2 Å². The number of carbonyl (C=O) groups excluding carboxylic acids is 1. The first-order valence-corrected chi connectivity index (χ1v) is 14.3. The molecule has 0 fully saturated rings. The molecule has 0 spiro atoms. The SMILES string of the molecule is CC(C)(CN(CCCOc1cc(F)c(C=O)c(S(C)(=O)=O)c1)Cc1cccc(C(F)(F)F)c1)c1ccc(F)cc1. The predicted octanol–water partition coefficient (Wildman–Crippen LogP) is 6.45. The number of halogens is 5. The van der Waals surface area contributed by atoms with Gasteiger partial charge in [0.25, 0.3) is 0 Å². The lowest BCUT2D eigenvalue weighted by atomic mass is 9.84. The molecule has 0 saturated carbocycles. The fourth-order valence-corrected chi connectivity index (χ4v) is 5.30. The largest absolute Gasteiger partial charge is 0.493 e. The van der Waals surface area contributed by atoms with E-state index in [0.29, 0.717) is 25.1 Å². The summed E-state index contributed by atoms with van der Waals surface area (Å²) in [6.07, 6.45) is -3.14. The number of rotatable bonds is 12. The Balaban J connectivity index is 1.77. The van der Waals surface area contributed by atoms with Crippen molar-refractivity contribution in [3.8, 4) is 5.75 Å². The van der Waals surface area contributed by atoms with Gasteiger partial charge < -0.3 is 4.74 Å². The second kappa shape index (κ2) is 12.5. The van der Waals surface area contributed by atoms with Crippen LogP contribution >= 0.6 is 0 Å². The van der Waals surface area contributed by atoms with Crippen LogP contribution in [-0.4, -0.2) is 45.6 Å². The van der Waals surface area contributed by atoms with E-state index in [1.807, 2.05) is 18.7 Å². The highest BCUT2D eigenvalue weighted by Gasteiger charge is 2.31. The Bertz CT molecular complexity index is 1440. The van der Waals surface area contributed by atoms with Crippen molar-refractivity contribution in [2.45, 2.75) is 43.3 Å². The number of carbonyl (C=O) groups is 1. The van der Waals surface area contributed by atoms with Crippen LogP contribution in [0, 0.1) is 11.6 Å². The van der Waals surface area contributed by atoms with Crippen molar-refractivity contribution >= 4 is 16.1 Å². The van der Waals surface area contributed by atoms with Crippen molar-refractivity contribution < 1.29 is 39.9 Å². The zero-order valence-electron chi connectivity index (χ0n) is 22.3. The van der Waals surface area contributed by atoms with Gasteiger partial charge >= 0.3 is 6.18 Å². The van der Waals surface area contributed by atoms with Gasteiger partial charge in [-0.15, -0.1) is 0 Å². The summed E-state index contributed by atoms with van der Waals surface area (Å²) in [5.74, 6) is -1.48. The summed E-state index contributed by atoms with van der Waals surface area (Å²) in [5, 5.41) is 0. The standard InChI is InChI=1S/C29H30F5NO4S/c1-28(2,21-8-10-23(30)11-9-21)19-35(17-20-6-4-7-22(14-20)29(32,33)34)12-5-13-39-24-15-26(31)25(18-36)27(16-24)40(3,37)38/h4,6-11,14-16,18H,5,12-13,17,19H2,1-3H3. The van der Waals surface area contributed by atoms with Gasteiger partial charge in [0, 0.05) is 37.4 Å². The Hall–Kier alpha value is -3.31. The quantitative estimate of drug-likeness (QED) is 0.139. The minimum absolute atomic E-state index is 0.0408. The molecule has 3 aromatic carbocycles. The van der Waals surface area contributed by atoms with Crippen LogP contribution in [-0.2, 0) is 28.0 Å². The average Bonchev–Trinajstić information content (AvgIpc) is 2.85. The van der Waals surface area contributed by atoms with E-state index in [2.05, 4.69) is 0 Å².